The molecule has 0 rings (SSSR count). The third-order valence-corrected chi connectivity index (χ3v) is 3.35. The summed E-state index contributed by atoms with van der Waals surface area (Å²) in [5.41, 5.74) is 0. The van der Waals surface area contributed by atoms with Gasteiger partial charge in [0.1, 0.15) is 0 Å². The van der Waals surface area contributed by atoms with Gasteiger partial charge in [-0.05, 0) is 19.3 Å². The van der Waals surface area contributed by atoms with Crippen molar-refractivity contribution in [2.24, 2.45) is 0 Å². The summed E-state index contributed by atoms with van der Waals surface area (Å²) in [6.07, 6.45) is 5.51. The van der Waals surface area contributed by atoms with E-state index in [9.17, 15) is 0 Å². The average Bonchev–Trinajstić information content (AvgIpc) is 1.85. The smallest absolute Gasteiger partial charge is 0.0110 e. The topological polar surface area (TPSA) is 0 Å². The van der Waals surface area contributed by atoms with Crippen molar-refractivity contribution in [3.05, 3.63) is 0 Å². The van der Waals surface area contributed by atoms with Gasteiger partial charge in [0.2, 0.25) is 0 Å². The van der Waals surface area contributed by atoms with E-state index in [2.05, 4.69) is 59.0 Å². The van der Waals surface area contributed by atoms with Gasteiger partial charge in [0.25, 0.3) is 0 Å². The first kappa shape index (κ1) is 11.5. The standard InChI is InChI=1S/C8H16I2/c1-3-4-8(10)6-5-7(2)9/h7-8H,3-6H2,1-2H3. The second-order valence-electron chi connectivity index (χ2n) is 2.74. The number of hydrogen-bond donors (Lipinski definition) is 0. The predicted molar refractivity (Wildman–Crippen MR) is 65.4 cm³/mol. The van der Waals surface area contributed by atoms with Crippen molar-refractivity contribution < 1.29 is 0 Å². The summed E-state index contributed by atoms with van der Waals surface area (Å²) in [6, 6.07) is 0. The summed E-state index contributed by atoms with van der Waals surface area (Å²) >= 11 is 5.07. The minimum absolute atomic E-state index is 0.853. The van der Waals surface area contributed by atoms with E-state index < -0.39 is 0 Å². The minimum Gasteiger partial charge on any atom is -0.0829 e. The number of halogens is 2. The Hall–Kier alpha value is 1.46. The van der Waals surface area contributed by atoms with Crippen molar-refractivity contribution in [1.29, 1.82) is 0 Å². The van der Waals surface area contributed by atoms with E-state index >= 15 is 0 Å². The molecule has 0 aliphatic heterocycles. The lowest BCUT2D eigenvalue weighted by atomic mass is 10.1. The van der Waals surface area contributed by atoms with E-state index in [1.165, 1.54) is 25.7 Å². The molecule has 0 heterocycles. The molecule has 0 aromatic heterocycles. The quantitative estimate of drug-likeness (QED) is 0.506. The van der Waals surface area contributed by atoms with Crippen LogP contribution in [0.3, 0.4) is 0 Å². The zero-order chi connectivity index (χ0) is 7.98. The van der Waals surface area contributed by atoms with Gasteiger partial charge in [-0.15, -0.1) is 0 Å². The lowest BCUT2D eigenvalue weighted by Crippen LogP contribution is -2.00. The molecule has 0 aromatic carbocycles. The molecule has 0 fully saturated rings. The zero-order valence-electron chi connectivity index (χ0n) is 6.74. The minimum atomic E-state index is 0.853. The molecule has 0 amide bonds. The fourth-order valence-electron chi connectivity index (χ4n) is 0.868. The van der Waals surface area contributed by atoms with E-state index in [0.717, 1.165) is 7.85 Å². The predicted octanol–water partition coefficient (Wildman–Crippen LogP) is 4.19. The maximum absolute atomic E-state index is 2.57. The van der Waals surface area contributed by atoms with Crippen LogP contribution < -0.4 is 0 Å². The van der Waals surface area contributed by atoms with Gasteiger partial charge in [0, 0.05) is 7.85 Å². The molecule has 2 unspecified atom stereocenters. The molecule has 0 saturated heterocycles. The summed E-state index contributed by atoms with van der Waals surface area (Å²) in [5.74, 6) is 0. The van der Waals surface area contributed by atoms with Gasteiger partial charge >= 0.3 is 0 Å². The van der Waals surface area contributed by atoms with Crippen LogP contribution in [-0.4, -0.2) is 7.85 Å². The highest BCUT2D eigenvalue weighted by molar-refractivity contribution is 14.1. The third-order valence-electron chi connectivity index (χ3n) is 1.48. The van der Waals surface area contributed by atoms with Crippen molar-refractivity contribution in [3.8, 4) is 0 Å². The first-order valence-electron chi connectivity index (χ1n) is 3.95. The molecule has 0 aliphatic carbocycles. The van der Waals surface area contributed by atoms with Crippen LogP contribution in [0.5, 0.6) is 0 Å². The van der Waals surface area contributed by atoms with Gasteiger partial charge in [0.05, 0.1) is 0 Å². The highest BCUT2D eigenvalue weighted by atomic mass is 127. The molecule has 0 spiro atoms. The van der Waals surface area contributed by atoms with Gasteiger partial charge in [-0.3, -0.25) is 0 Å². The van der Waals surface area contributed by atoms with Crippen molar-refractivity contribution in [2.45, 2.75) is 47.4 Å². The van der Waals surface area contributed by atoms with Gasteiger partial charge in [-0.1, -0.05) is 65.5 Å². The van der Waals surface area contributed by atoms with Gasteiger partial charge in [0.15, 0.2) is 0 Å². The van der Waals surface area contributed by atoms with Gasteiger partial charge < -0.3 is 0 Å². The molecule has 62 valence electrons. The van der Waals surface area contributed by atoms with Crippen molar-refractivity contribution in [2.75, 3.05) is 0 Å². The Balaban J connectivity index is 3.12. The summed E-state index contributed by atoms with van der Waals surface area (Å²) in [6.45, 7) is 4.55. The molecule has 0 aromatic rings. The molecule has 0 N–H and O–H groups in total. The van der Waals surface area contributed by atoms with Crippen molar-refractivity contribution >= 4 is 45.2 Å². The Labute approximate surface area is 91.8 Å². The molecule has 0 nitrogen and oxygen atoms in total. The first-order valence-corrected chi connectivity index (χ1v) is 6.44. The molecule has 0 aliphatic rings. The second kappa shape index (κ2) is 7.13. The SMILES string of the molecule is CCCC(I)CCC(C)I. The zero-order valence-corrected chi connectivity index (χ0v) is 11.1. The van der Waals surface area contributed by atoms with E-state index in [0.29, 0.717) is 0 Å². The lowest BCUT2D eigenvalue weighted by molar-refractivity contribution is 0.669. The largest absolute Gasteiger partial charge is 0.0829 e. The fourth-order valence-corrected chi connectivity index (χ4v) is 2.21. The molecular weight excluding hydrogens is 350 g/mol. The molecular formula is C8H16I2. The molecule has 10 heavy (non-hydrogen) atoms. The fraction of sp³-hybridized carbons (Fsp3) is 1.00. The summed E-state index contributed by atoms with van der Waals surface area (Å²) in [5, 5.41) is 0. The Bertz CT molecular complexity index is 71.7. The maximum Gasteiger partial charge on any atom is 0.0110 e. The van der Waals surface area contributed by atoms with Crippen LogP contribution in [0.1, 0.15) is 39.5 Å². The van der Waals surface area contributed by atoms with E-state index in [1.54, 1.807) is 0 Å². The molecule has 0 bridgehead atoms. The number of alkyl halides is 2. The van der Waals surface area contributed by atoms with E-state index in [4.69, 9.17) is 0 Å². The van der Waals surface area contributed by atoms with Crippen LogP contribution in [0.25, 0.3) is 0 Å². The average molecular weight is 366 g/mol. The van der Waals surface area contributed by atoms with Crippen molar-refractivity contribution in [1.82, 2.24) is 0 Å². The van der Waals surface area contributed by atoms with Crippen LogP contribution >= 0.6 is 45.2 Å². The number of rotatable bonds is 5. The summed E-state index contributed by atoms with van der Waals surface area (Å²) < 4.78 is 1.77. The summed E-state index contributed by atoms with van der Waals surface area (Å²) in [7, 11) is 0. The normalized spacial score (nSPS) is 16.8. The van der Waals surface area contributed by atoms with Crippen LogP contribution in [0, 0.1) is 0 Å². The Morgan fingerprint density at radius 1 is 1.10 bits per heavy atom. The molecule has 0 radical (unpaired) electrons. The monoisotopic (exact) mass is 366 g/mol. The summed E-state index contributed by atoms with van der Waals surface area (Å²) in [4.78, 5) is 0. The highest BCUT2D eigenvalue weighted by Gasteiger charge is 2.03. The lowest BCUT2D eigenvalue weighted by Gasteiger charge is -2.08. The Morgan fingerprint density at radius 3 is 2.10 bits per heavy atom. The van der Waals surface area contributed by atoms with Crippen LogP contribution in [0.15, 0.2) is 0 Å². The van der Waals surface area contributed by atoms with Gasteiger partial charge in [-0.25, -0.2) is 0 Å². The van der Waals surface area contributed by atoms with Crippen LogP contribution in [-0.2, 0) is 0 Å². The second-order valence-corrected chi connectivity index (χ2v) is 6.63. The molecule has 0 saturated carbocycles. The molecule has 2 atom stereocenters. The number of hydrogen-bond acceptors (Lipinski definition) is 0. The Kier molecular flexibility index (Phi) is 8.17. The first-order chi connectivity index (χ1) is 4.66. The van der Waals surface area contributed by atoms with Crippen LogP contribution in [0.2, 0.25) is 0 Å². The van der Waals surface area contributed by atoms with E-state index in [-0.39, 0.29) is 0 Å². The highest BCUT2D eigenvalue weighted by Crippen LogP contribution is 2.18. The maximum atomic E-state index is 2.57. The van der Waals surface area contributed by atoms with Gasteiger partial charge in [-0.2, -0.15) is 0 Å². The van der Waals surface area contributed by atoms with Crippen molar-refractivity contribution in [3.63, 3.8) is 0 Å². The van der Waals surface area contributed by atoms with E-state index in [1.807, 2.05) is 0 Å². The van der Waals surface area contributed by atoms with Crippen LogP contribution in [0.4, 0.5) is 0 Å². The third kappa shape index (κ3) is 7.57. The molecule has 2 heteroatoms. The Morgan fingerprint density at radius 2 is 1.70 bits per heavy atom.